The molecule has 1 aromatic heterocycles. The van der Waals surface area contributed by atoms with E-state index in [0.717, 1.165) is 24.8 Å². The van der Waals surface area contributed by atoms with E-state index in [1.807, 2.05) is 27.7 Å². The number of ether oxygens (including phenoxy) is 2. The van der Waals surface area contributed by atoms with Crippen molar-refractivity contribution in [3.63, 3.8) is 0 Å². The third kappa shape index (κ3) is 6.09. The van der Waals surface area contributed by atoms with Gasteiger partial charge in [0.05, 0.1) is 37.0 Å². The summed E-state index contributed by atoms with van der Waals surface area (Å²) in [5.74, 6) is 5.47. The summed E-state index contributed by atoms with van der Waals surface area (Å²) in [6, 6.07) is 0. The van der Waals surface area contributed by atoms with Crippen molar-refractivity contribution in [2.24, 2.45) is 11.3 Å². The van der Waals surface area contributed by atoms with Gasteiger partial charge in [0.2, 0.25) is 5.82 Å². The Morgan fingerprint density at radius 3 is 2.47 bits per heavy atom. The molecule has 2 heterocycles. The van der Waals surface area contributed by atoms with Gasteiger partial charge in [0.25, 0.3) is 5.88 Å². The fourth-order valence-electron chi connectivity index (χ4n) is 3.02. The number of anilines is 1. The molecule has 1 unspecified atom stereocenters. The first-order valence-electron chi connectivity index (χ1n) is 9.87. The normalized spacial score (nSPS) is 15.7. The van der Waals surface area contributed by atoms with Crippen LogP contribution in [-0.2, 0) is 14.4 Å². The Labute approximate surface area is 182 Å². The van der Waals surface area contributed by atoms with Crippen LogP contribution in [0.5, 0.6) is 5.88 Å². The average molecular weight is 435 g/mol. The third-order valence-corrected chi connectivity index (χ3v) is 5.36. The van der Waals surface area contributed by atoms with E-state index in [1.165, 1.54) is 0 Å². The van der Waals surface area contributed by atoms with Gasteiger partial charge in [-0.15, -0.1) is 34.5 Å². The molecule has 0 spiro atoms. The number of carbonyl (C=O) groups excluding carboxylic acids is 1. The predicted molar refractivity (Wildman–Crippen MR) is 116 cm³/mol. The van der Waals surface area contributed by atoms with Crippen LogP contribution in [0.3, 0.4) is 0 Å². The standard InChI is InChI=1S/C21H30N4O4S/c1-7-9-21(10-8-2,19(26)29-24-20(4,5)6)16(3)15-28-18-17(22-30-23-18)25-11-13-27-14-12-25/h1-2,16,24H,9-15H2,3-6H3. The van der Waals surface area contributed by atoms with Gasteiger partial charge in [-0.05, 0) is 20.8 Å². The minimum Gasteiger partial charge on any atom is -0.474 e. The molecule has 0 saturated carbocycles. The molecule has 0 radical (unpaired) electrons. The van der Waals surface area contributed by atoms with Gasteiger partial charge in [0.15, 0.2) is 0 Å². The number of hydrogen-bond acceptors (Lipinski definition) is 9. The molecule has 9 heteroatoms. The highest BCUT2D eigenvalue weighted by molar-refractivity contribution is 6.99. The number of terminal acetylenes is 2. The summed E-state index contributed by atoms with van der Waals surface area (Å²) >= 11 is 1.08. The van der Waals surface area contributed by atoms with Gasteiger partial charge in [-0.1, -0.05) is 6.92 Å². The second-order valence-corrected chi connectivity index (χ2v) is 8.89. The molecule has 1 saturated heterocycles. The number of carbonyl (C=O) groups is 1. The monoisotopic (exact) mass is 434 g/mol. The number of aromatic nitrogens is 2. The second kappa shape index (κ2) is 10.6. The Kier molecular flexibility index (Phi) is 8.48. The fourth-order valence-corrected chi connectivity index (χ4v) is 3.54. The lowest BCUT2D eigenvalue weighted by Crippen LogP contribution is -2.46. The van der Waals surface area contributed by atoms with Crippen molar-refractivity contribution in [1.29, 1.82) is 0 Å². The van der Waals surface area contributed by atoms with Gasteiger partial charge < -0.3 is 19.2 Å². The van der Waals surface area contributed by atoms with E-state index in [4.69, 9.17) is 27.2 Å². The van der Waals surface area contributed by atoms with E-state index in [2.05, 4.69) is 31.0 Å². The van der Waals surface area contributed by atoms with Crippen LogP contribution in [0, 0.1) is 36.0 Å². The molecule has 8 nitrogen and oxygen atoms in total. The Morgan fingerprint density at radius 1 is 1.27 bits per heavy atom. The van der Waals surface area contributed by atoms with Crippen LogP contribution in [0.15, 0.2) is 0 Å². The van der Waals surface area contributed by atoms with Crippen LogP contribution >= 0.6 is 11.7 Å². The molecular formula is C21H30N4O4S. The zero-order chi connectivity index (χ0) is 22.2. The van der Waals surface area contributed by atoms with Crippen LogP contribution in [0.1, 0.15) is 40.5 Å². The minimum atomic E-state index is -1.08. The maximum absolute atomic E-state index is 13.0. The van der Waals surface area contributed by atoms with E-state index >= 15 is 0 Å². The smallest absolute Gasteiger partial charge is 0.333 e. The van der Waals surface area contributed by atoms with E-state index in [-0.39, 0.29) is 25.4 Å². The molecule has 0 aromatic carbocycles. The number of nitrogens with zero attached hydrogens (tertiary/aromatic N) is 3. The van der Waals surface area contributed by atoms with Crippen LogP contribution in [-0.4, -0.2) is 53.2 Å². The average Bonchev–Trinajstić information content (AvgIpc) is 3.18. The largest absolute Gasteiger partial charge is 0.474 e. The molecule has 1 aromatic rings. The number of hydroxylamine groups is 1. The zero-order valence-corrected chi connectivity index (χ0v) is 18.9. The van der Waals surface area contributed by atoms with Gasteiger partial charge in [-0.2, -0.15) is 4.37 Å². The van der Waals surface area contributed by atoms with E-state index in [9.17, 15) is 4.79 Å². The summed E-state index contributed by atoms with van der Waals surface area (Å²) in [5, 5.41) is 0. The first kappa shape index (κ1) is 23.9. The lowest BCUT2D eigenvalue weighted by Gasteiger charge is -2.34. The molecule has 1 fully saturated rings. The molecule has 1 aliphatic heterocycles. The fraction of sp³-hybridized carbons (Fsp3) is 0.667. The van der Waals surface area contributed by atoms with Crippen molar-refractivity contribution in [2.45, 2.75) is 46.1 Å². The SMILES string of the molecule is C#CCC(CC#C)(C(=O)ONC(C)(C)C)C(C)COc1nsnc1N1CCOCC1. The highest BCUT2D eigenvalue weighted by Crippen LogP contribution is 2.38. The zero-order valence-electron chi connectivity index (χ0n) is 18.1. The van der Waals surface area contributed by atoms with Crippen molar-refractivity contribution in [1.82, 2.24) is 14.2 Å². The summed E-state index contributed by atoms with van der Waals surface area (Å²) in [6.45, 7) is 10.4. The Bertz CT molecular complexity index is 768. The van der Waals surface area contributed by atoms with Crippen LogP contribution in [0.25, 0.3) is 0 Å². The van der Waals surface area contributed by atoms with Gasteiger partial charge in [0.1, 0.15) is 0 Å². The van der Waals surface area contributed by atoms with Gasteiger partial charge >= 0.3 is 5.97 Å². The summed E-state index contributed by atoms with van der Waals surface area (Å²) in [5.41, 5.74) is 1.26. The molecule has 30 heavy (non-hydrogen) atoms. The molecule has 1 N–H and O–H groups in total. The summed E-state index contributed by atoms with van der Waals surface area (Å²) < 4.78 is 20.0. The second-order valence-electron chi connectivity index (χ2n) is 8.36. The molecule has 0 aliphatic carbocycles. The number of nitrogens with one attached hydrogen (secondary N) is 1. The number of hydrogen-bond donors (Lipinski definition) is 1. The Morgan fingerprint density at radius 2 is 1.90 bits per heavy atom. The van der Waals surface area contributed by atoms with Crippen molar-refractivity contribution in [3.05, 3.63) is 0 Å². The molecular weight excluding hydrogens is 404 g/mol. The summed E-state index contributed by atoms with van der Waals surface area (Å²) in [7, 11) is 0. The Balaban J connectivity index is 2.14. The predicted octanol–water partition coefficient (Wildman–Crippen LogP) is 2.27. The molecule has 2 rings (SSSR count). The molecule has 1 atom stereocenters. The van der Waals surface area contributed by atoms with Crippen LogP contribution in [0.2, 0.25) is 0 Å². The van der Waals surface area contributed by atoms with E-state index in [1.54, 1.807) is 0 Å². The lowest BCUT2D eigenvalue weighted by atomic mass is 9.71. The van der Waals surface area contributed by atoms with E-state index in [0.29, 0.717) is 24.9 Å². The Hall–Kier alpha value is -2.33. The van der Waals surface area contributed by atoms with Crippen LogP contribution in [0.4, 0.5) is 5.82 Å². The highest BCUT2D eigenvalue weighted by Gasteiger charge is 2.45. The molecule has 0 amide bonds. The first-order chi connectivity index (χ1) is 14.2. The van der Waals surface area contributed by atoms with E-state index < -0.39 is 16.9 Å². The quantitative estimate of drug-likeness (QED) is 0.468. The third-order valence-electron chi connectivity index (χ3n) is 4.86. The molecule has 0 bridgehead atoms. The maximum Gasteiger partial charge on any atom is 0.333 e. The topological polar surface area (TPSA) is 85.8 Å². The van der Waals surface area contributed by atoms with Crippen LogP contribution < -0.4 is 15.1 Å². The molecule has 1 aliphatic rings. The first-order valence-corrected chi connectivity index (χ1v) is 10.6. The van der Waals surface area contributed by atoms with Crippen molar-refractivity contribution in [3.8, 4) is 30.6 Å². The highest BCUT2D eigenvalue weighted by atomic mass is 32.1. The number of rotatable bonds is 9. The molecule has 164 valence electrons. The summed E-state index contributed by atoms with van der Waals surface area (Å²) in [4.78, 5) is 20.5. The van der Waals surface area contributed by atoms with Crippen molar-refractivity contribution >= 4 is 23.5 Å². The van der Waals surface area contributed by atoms with Gasteiger partial charge in [-0.25, -0.2) is 4.79 Å². The summed E-state index contributed by atoms with van der Waals surface area (Å²) in [6.07, 6.45) is 11.4. The van der Waals surface area contributed by atoms with Gasteiger partial charge in [0, 0.05) is 37.4 Å². The maximum atomic E-state index is 13.0. The van der Waals surface area contributed by atoms with Gasteiger partial charge in [-0.3, -0.25) is 0 Å². The minimum absolute atomic E-state index is 0.137. The lowest BCUT2D eigenvalue weighted by molar-refractivity contribution is -0.171. The van der Waals surface area contributed by atoms with Crippen molar-refractivity contribution in [2.75, 3.05) is 37.8 Å². The number of morpholine rings is 1. The van der Waals surface area contributed by atoms with Crippen molar-refractivity contribution < 1.29 is 19.1 Å².